The van der Waals surface area contributed by atoms with Crippen LogP contribution in [0.5, 0.6) is 5.75 Å². The van der Waals surface area contributed by atoms with Gasteiger partial charge in [-0.15, -0.1) is 0 Å². The van der Waals surface area contributed by atoms with Crippen molar-refractivity contribution in [3.63, 3.8) is 0 Å². The maximum absolute atomic E-state index is 11.9. The normalized spacial score (nSPS) is 11.0. The topological polar surface area (TPSA) is 66.0 Å². The summed E-state index contributed by atoms with van der Waals surface area (Å²) in [5.74, 6) is 1.40. The summed E-state index contributed by atoms with van der Waals surface area (Å²) in [6, 6.07) is 16.1. The fraction of sp³-hybridized carbons (Fsp3) is 0.333. The van der Waals surface area contributed by atoms with E-state index in [1.54, 1.807) is 26.1 Å². The highest BCUT2D eigenvalue weighted by Gasteiger charge is 2.06. The maximum atomic E-state index is 11.9. The number of benzene rings is 2. The zero-order chi connectivity index (χ0) is 19.6. The lowest BCUT2D eigenvalue weighted by Gasteiger charge is -2.15. The van der Waals surface area contributed by atoms with Gasteiger partial charge in [-0.2, -0.15) is 0 Å². The summed E-state index contributed by atoms with van der Waals surface area (Å²) < 4.78 is 5.18. The van der Waals surface area contributed by atoms with Gasteiger partial charge in [-0.1, -0.05) is 42.0 Å². The molecule has 0 aliphatic rings. The van der Waals surface area contributed by atoms with Crippen LogP contribution in [0.2, 0.25) is 0 Å². The first-order valence-corrected chi connectivity index (χ1v) is 8.88. The highest BCUT2D eigenvalue weighted by atomic mass is 16.5. The van der Waals surface area contributed by atoms with E-state index >= 15 is 0 Å². The highest BCUT2D eigenvalue weighted by molar-refractivity contribution is 5.86. The molecule has 0 heterocycles. The summed E-state index contributed by atoms with van der Waals surface area (Å²) in [6.45, 7) is 3.39. The van der Waals surface area contributed by atoms with Crippen LogP contribution in [0.3, 0.4) is 0 Å². The summed E-state index contributed by atoms with van der Waals surface area (Å²) in [6.07, 6.45) is 0. The number of nitrogens with one attached hydrogen (secondary N) is 2. The monoisotopic (exact) mass is 368 g/mol. The Morgan fingerprint density at radius 3 is 2.22 bits per heavy atom. The van der Waals surface area contributed by atoms with Crippen LogP contribution in [0.4, 0.5) is 0 Å². The van der Waals surface area contributed by atoms with Gasteiger partial charge in [-0.05, 0) is 30.2 Å². The summed E-state index contributed by atoms with van der Waals surface area (Å²) in [4.78, 5) is 18.0. The number of carbonyl (C=O) groups is 1. The Balaban J connectivity index is 2.02. The van der Waals surface area contributed by atoms with Crippen molar-refractivity contribution in [1.82, 2.24) is 15.5 Å². The van der Waals surface area contributed by atoms with Crippen LogP contribution in [0.25, 0.3) is 0 Å². The molecule has 6 heteroatoms. The van der Waals surface area contributed by atoms with Crippen molar-refractivity contribution in [1.29, 1.82) is 0 Å². The third kappa shape index (κ3) is 7.01. The van der Waals surface area contributed by atoms with E-state index in [0.29, 0.717) is 19.0 Å². The predicted molar refractivity (Wildman–Crippen MR) is 109 cm³/mol. The number of hydrogen-bond donors (Lipinski definition) is 2. The molecule has 2 aromatic rings. The van der Waals surface area contributed by atoms with E-state index in [0.717, 1.165) is 16.9 Å². The largest absolute Gasteiger partial charge is 0.497 e. The molecule has 0 unspecified atom stereocenters. The van der Waals surface area contributed by atoms with Crippen LogP contribution in [0.15, 0.2) is 53.5 Å². The van der Waals surface area contributed by atoms with Crippen LogP contribution in [-0.2, 0) is 17.9 Å². The molecule has 0 spiro atoms. The molecule has 0 saturated heterocycles. The molecule has 27 heavy (non-hydrogen) atoms. The van der Waals surface area contributed by atoms with Crippen molar-refractivity contribution in [2.24, 2.45) is 4.99 Å². The highest BCUT2D eigenvalue weighted by Crippen LogP contribution is 2.11. The standard InChI is InChI=1S/C21H28N4O2/c1-16-5-7-17(8-6-16)13-22-21(24-15-20(26)25(2)3)23-14-18-9-11-19(27-4)12-10-18/h5-12H,13-15H2,1-4H3,(H2,22,23,24). The number of guanidine groups is 1. The summed E-state index contributed by atoms with van der Waals surface area (Å²) in [5.41, 5.74) is 3.44. The number of ether oxygens (including phenoxy) is 1. The van der Waals surface area contributed by atoms with Gasteiger partial charge < -0.3 is 20.3 Å². The van der Waals surface area contributed by atoms with E-state index in [2.05, 4.69) is 46.8 Å². The average Bonchev–Trinajstić information content (AvgIpc) is 2.68. The Hall–Kier alpha value is -3.02. The molecule has 1 amide bonds. The van der Waals surface area contributed by atoms with Gasteiger partial charge in [-0.25, -0.2) is 4.99 Å². The molecule has 2 rings (SSSR count). The number of rotatable bonds is 7. The first-order chi connectivity index (χ1) is 13.0. The molecule has 144 valence electrons. The first kappa shape index (κ1) is 20.3. The third-order valence-electron chi connectivity index (χ3n) is 4.07. The smallest absolute Gasteiger partial charge is 0.241 e. The van der Waals surface area contributed by atoms with Crippen molar-refractivity contribution < 1.29 is 9.53 Å². The van der Waals surface area contributed by atoms with Crippen LogP contribution in [0, 0.1) is 6.92 Å². The van der Waals surface area contributed by atoms with Gasteiger partial charge in [0, 0.05) is 20.6 Å². The van der Waals surface area contributed by atoms with Crippen molar-refractivity contribution in [2.45, 2.75) is 20.0 Å². The Morgan fingerprint density at radius 2 is 1.63 bits per heavy atom. The minimum absolute atomic E-state index is 0.00992. The lowest BCUT2D eigenvalue weighted by molar-refractivity contribution is -0.127. The molecule has 6 nitrogen and oxygen atoms in total. The van der Waals surface area contributed by atoms with Crippen LogP contribution < -0.4 is 15.4 Å². The van der Waals surface area contributed by atoms with Crippen molar-refractivity contribution in [3.05, 3.63) is 65.2 Å². The number of aryl methyl sites for hydroxylation is 1. The number of likely N-dealkylation sites (N-methyl/N-ethyl adjacent to an activating group) is 1. The van der Waals surface area contributed by atoms with Crippen molar-refractivity contribution in [2.75, 3.05) is 27.7 Å². The fourth-order valence-corrected chi connectivity index (χ4v) is 2.28. The van der Waals surface area contributed by atoms with Gasteiger partial charge >= 0.3 is 0 Å². The summed E-state index contributed by atoms with van der Waals surface area (Å²) in [5, 5.41) is 6.38. The van der Waals surface area contributed by atoms with Crippen molar-refractivity contribution >= 4 is 11.9 Å². The molecule has 0 radical (unpaired) electrons. The lowest BCUT2D eigenvalue weighted by Crippen LogP contribution is -2.42. The molecule has 0 bridgehead atoms. The van der Waals surface area contributed by atoms with Gasteiger partial charge in [-0.3, -0.25) is 4.79 Å². The third-order valence-corrected chi connectivity index (χ3v) is 4.07. The summed E-state index contributed by atoms with van der Waals surface area (Å²) in [7, 11) is 5.11. The van der Waals surface area contributed by atoms with Gasteiger partial charge in [0.25, 0.3) is 0 Å². The molecule has 0 aliphatic heterocycles. The molecule has 2 aromatic carbocycles. The maximum Gasteiger partial charge on any atom is 0.241 e. The second kappa shape index (κ2) is 10.2. The molecule has 0 saturated carbocycles. The van der Waals surface area contributed by atoms with E-state index in [-0.39, 0.29) is 12.5 Å². The van der Waals surface area contributed by atoms with Gasteiger partial charge in [0.1, 0.15) is 5.75 Å². The summed E-state index contributed by atoms with van der Waals surface area (Å²) >= 11 is 0. The van der Waals surface area contributed by atoms with Gasteiger partial charge in [0.15, 0.2) is 5.96 Å². The Bertz CT molecular complexity index is 753. The Kier molecular flexibility index (Phi) is 7.67. The second-order valence-electron chi connectivity index (χ2n) is 6.49. The van der Waals surface area contributed by atoms with Crippen LogP contribution in [-0.4, -0.2) is 44.5 Å². The van der Waals surface area contributed by atoms with Crippen LogP contribution in [0.1, 0.15) is 16.7 Å². The minimum atomic E-state index is -0.00992. The van der Waals surface area contributed by atoms with E-state index in [9.17, 15) is 4.79 Å². The molecular formula is C21H28N4O2. The number of carbonyl (C=O) groups excluding carboxylic acids is 1. The Labute approximate surface area is 161 Å². The van der Waals surface area contributed by atoms with Gasteiger partial charge in [0.05, 0.1) is 20.2 Å². The molecule has 0 aromatic heterocycles. The quantitative estimate of drug-likeness (QED) is 0.581. The van der Waals surface area contributed by atoms with E-state index in [1.165, 1.54) is 5.56 Å². The zero-order valence-electron chi connectivity index (χ0n) is 16.5. The molecular weight excluding hydrogens is 340 g/mol. The number of amides is 1. The average molecular weight is 368 g/mol. The second-order valence-corrected chi connectivity index (χ2v) is 6.49. The van der Waals surface area contributed by atoms with Gasteiger partial charge in [0.2, 0.25) is 5.91 Å². The molecule has 0 aliphatic carbocycles. The SMILES string of the molecule is COc1ccc(CN=C(NCC(=O)N(C)C)NCc2ccc(C)cc2)cc1. The molecule has 0 atom stereocenters. The molecule has 2 N–H and O–H groups in total. The lowest BCUT2D eigenvalue weighted by atomic mass is 10.1. The van der Waals surface area contributed by atoms with E-state index in [4.69, 9.17) is 4.74 Å². The number of methoxy groups -OCH3 is 1. The van der Waals surface area contributed by atoms with Crippen LogP contribution >= 0.6 is 0 Å². The molecule has 0 fully saturated rings. The zero-order valence-corrected chi connectivity index (χ0v) is 16.5. The minimum Gasteiger partial charge on any atom is -0.497 e. The van der Waals surface area contributed by atoms with Crippen molar-refractivity contribution in [3.8, 4) is 5.75 Å². The van der Waals surface area contributed by atoms with E-state index in [1.807, 2.05) is 24.3 Å². The fourth-order valence-electron chi connectivity index (χ4n) is 2.28. The number of hydrogen-bond acceptors (Lipinski definition) is 3. The number of aliphatic imine (C=N–C) groups is 1. The number of nitrogens with zero attached hydrogens (tertiary/aromatic N) is 2. The first-order valence-electron chi connectivity index (χ1n) is 8.88. The predicted octanol–water partition coefficient (Wildman–Crippen LogP) is 2.33. The Morgan fingerprint density at radius 1 is 1.00 bits per heavy atom. The van der Waals surface area contributed by atoms with E-state index < -0.39 is 0 Å².